The minimum absolute atomic E-state index is 0.0940. The quantitative estimate of drug-likeness (QED) is 0.753. The van der Waals surface area contributed by atoms with E-state index in [0.29, 0.717) is 0 Å². The number of ketones is 1. The molecule has 0 N–H and O–H groups in total. The van der Waals surface area contributed by atoms with Crippen molar-refractivity contribution in [3.05, 3.63) is 58.9 Å². The number of aromatic nitrogens is 2. The average Bonchev–Trinajstić information content (AvgIpc) is 2.29. The van der Waals surface area contributed by atoms with Crippen molar-refractivity contribution in [3.8, 4) is 0 Å². The van der Waals surface area contributed by atoms with Crippen LogP contribution in [0.25, 0.3) is 0 Å². The molecule has 2 aromatic heterocycles. The molecule has 16 heavy (non-hydrogen) atoms. The lowest BCUT2D eigenvalue weighted by Crippen LogP contribution is -2.05. The van der Waals surface area contributed by atoms with Crippen molar-refractivity contribution in [1.29, 1.82) is 0 Å². The fourth-order valence-corrected chi connectivity index (χ4v) is 1.43. The number of carbonyl (C=O) groups is 1. The second-order valence-electron chi connectivity index (χ2n) is 3.05. The summed E-state index contributed by atoms with van der Waals surface area (Å²) in [5.74, 6) is -1.02. The van der Waals surface area contributed by atoms with Crippen LogP contribution in [0.4, 0.5) is 4.39 Å². The second kappa shape index (κ2) is 4.37. The van der Waals surface area contributed by atoms with Crippen molar-refractivity contribution < 1.29 is 9.18 Å². The third-order valence-corrected chi connectivity index (χ3v) is 2.25. The molecule has 5 heteroatoms. The van der Waals surface area contributed by atoms with Gasteiger partial charge in [0.1, 0.15) is 11.5 Å². The smallest absolute Gasteiger partial charge is 0.214 e. The fraction of sp³-hybridized carbons (Fsp3) is 0. The molecule has 3 nitrogen and oxygen atoms in total. The molecule has 0 aromatic carbocycles. The Kier molecular flexibility index (Phi) is 2.92. The number of halogens is 2. The molecular formula is C11H6ClFN2O. The number of nitrogens with zero attached hydrogens (tertiary/aromatic N) is 2. The summed E-state index contributed by atoms with van der Waals surface area (Å²) in [5.41, 5.74) is 0.220. The van der Waals surface area contributed by atoms with Crippen LogP contribution in [0.2, 0.25) is 5.02 Å². The second-order valence-corrected chi connectivity index (χ2v) is 3.46. The molecular weight excluding hydrogens is 231 g/mol. The van der Waals surface area contributed by atoms with E-state index in [4.69, 9.17) is 11.6 Å². The standard InChI is InChI=1S/C11H6ClFN2O/c12-9-2-1-3-15-10(9)11(16)7-4-8(13)6-14-5-7/h1-6H. The first kappa shape index (κ1) is 10.7. The van der Waals surface area contributed by atoms with Crippen LogP contribution in [-0.2, 0) is 0 Å². The normalized spacial score (nSPS) is 10.1. The molecule has 0 aliphatic carbocycles. The topological polar surface area (TPSA) is 42.9 Å². The van der Waals surface area contributed by atoms with Crippen molar-refractivity contribution in [2.75, 3.05) is 0 Å². The Morgan fingerprint density at radius 1 is 1.38 bits per heavy atom. The highest BCUT2D eigenvalue weighted by atomic mass is 35.5. The Hall–Kier alpha value is -1.81. The van der Waals surface area contributed by atoms with Gasteiger partial charge in [-0.2, -0.15) is 0 Å². The summed E-state index contributed by atoms with van der Waals surface area (Å²) in [6.07, 6.45) is 3.75. The molecule has 0 saturated carbocycles. The molecule has 0 aliphatic heterocycles. The molecule has 0 spiro atoms. The molecule has 0 saturated heterocycles. The van der Waals surface area contributed by atoms with Gasteiger partial charge in [-0.1, -0.05) is 11.6 Å². The van der Waals surface area contributed by atoms with E-state index >= 15 is 0 Å². The molecule has 0 amide bonds. The van der Waals surface area contributed by atoms with Crippen LogP contribution >= 0.6 is 11.6 Å². The molecule has 80 valence electrons. The van der Waals surface area contributed by atoms with E-state index in [0.717, 1.165) is 12.3 Å². The highest BCUT2D eigenvalue weighted by Crippen LogP contribution is 2.16. The Balaban J connectivity index is 2.44. The lowest BCUT2D eigenvalue weighted by molar-refractivity contribution is 0.103. The Morgan fingerprint density at radius 3 is 2.88 bits per heavy atom. The van der Waals surface area contributed by atoms with Crippen LogP contribution in [0.1, 0.15) is 16.1 Å². The van der Waals surface area contributed by atoms with Gasteiger partial charge in [-0.05, 0) is 18.2 Å². The van der Waals surface area contributed by atoms with Crippen LogP contribution in [0.5, 0.6) is 0 Å². The van der Waals surface area contributed by atoms with Gasteiger partial charge in [0.05, 0.1) is 11.2 Å². The van der Waals surface area contributed by atoms with Crippen LogP contribution in [0.15, 0.2) is 36.8 Å². The van der Waals surface area contributed by atoms with Crippen LogP contribution < -0.4 is 0 Å². The van der Waals surface area contributed by atoms with E-state index in [1.54, 1.807) is 12.1 Å². The number of hydrogen-bond acceptors (Lipinski definition) is 3. The summed E-state index contributed by atoms with van der Waals surface area (Å²) in [7, 11) is 0. The number of carbonyl (C=O) groups excluding carboxylic acids is 1. The van der Waals surface area contributed by atoms with Gasteiger partial charge in [0.25, 0.3) is 0 Å². The Morgan fingerprint density at radius 2 is 2.19 bits per heavy atom. The monoisotopic (exact) mass is 236 g/mol. The summed E-state index contributed by atoms with van der Waals surface area (Å²) in [4.78, 5) is 19.3. The predicted molar refractivity (Wildman–Crippen MR) is 56.9 cm³/mol. The maximum atomic E-state index is 12.9. The number of rotatable bonds is 2. The number of pyridine rings is 2. The number of hydrogen-bond donors (Lipinski definition) is 0. The summed E-state index contributed by atoms with van der Waals surface area (Å²) >= 11 is 5.81. The zero-order valence-corrected chi connectivity index (χ0v) is 8.78. The molecule has 0 bridgehead atoms. The van der Waals surface area contributed by atoms with Gasteiger partial charge in [-0.25, -0.2) is 4.39 Å². The van der Waals surface area contributed by atoms with Gasteiger partial charge in [0.15, 0.2) is 0 Å². The van der Waals surface area contributed by atoms with Gasteiger partial charge < -0.3 is 0 Å². The summed E-state index contributed by atoms with van der Waals surface area (Å²) in [6, 6.07) is 4.26. The highest BCUT2D eigenvalue weighted by Gasteiger charge is 2.14. The third-order valence-electron chi connectivity index (χ3n) is 1.94. The van der Waals surface area contributed by atoms with Crippen LogP contribution in [-0.4, -0.2) is 15.8 Å². The van der Waals surface area contributed by atoms with Crippen molar-refractivity contribution in [2.24, 2.45) is 0 Å². The molecule has 0 fully saturated rings. The lowest BCUT2D eigenvalue weighted by atomic mass is 10.1. The average molecular weight is 237 g/mol. The predicted octanol–water partition coefficient (Wildman–Crippen LogP) is 2.50. The van der Waals surface area contributed by atoms with Gasteiger partial charge >= 0.3 is 0 Å². The van der Waals surface area contributed by atoms with E-state index < -0.39 is 11.6 Å². The molecule has 2 rings (SSSR count). The largest absolute Gasteiger partial charge is 0.287 e. The first-order valence-corrected chi connectivity index (χ1v) is 4.82. The van der Waals surface area contributed by atoms with Gasteiger partial charge in [-0.15, -0.1) is 0 Å². The summed E-state index contributed by atoms with van der Waals surface area (Å²) in [5, 5.41) is 0.233. The molecule has 0 radical (unpaired) electrons. The first-order chi connectivity index (χ1) is 7.68. The van der Waals surface area contributed by atoms with E-state index in [-0.39, 0.29) is 16.3 Å². The summed E-state index contributed by atoms with van der Waals surface area (Å²) in [6.45, 7) is 0. The molecule has 0 atom stereocenters. The lowest BCUT2D eigenvalue weighted by Gasteiger charge is -2.01. The van der Waals surface area contributed by atoms with E-state index in [1.807, 2.05) is 0 Å². The zero-order chi connectivity index (χ0) is 11.5. The highest BCUT2D eigenvalue weighted by molar-refractivity contribution is 6.34. The Bertz CT molecular complexity index is 545. The molecule has 2 heterocycles. The van der Waals surface area contributed by atoms with Gasteiger partial charge in [0, 0.05) is 18.0 Å². The van der Waals surface area contributed by atoms with E-state index in [2.05, 4.69) is 9.97 Å². The SMILES string of the molecule is O=C(c1cncc(F)c1)c1ncccc1Cl. The maximum absolute atomic E-state index is 12.9. The first-order valence-electron chi connectivity index (χ1n) is 4.44. The zero-order valence-electron chi connectivity index (χ0n) is 8.02. The van der Waals surface area contributed by atoms with Crippen molar-refractivity contribution in [3.63, 3.8) is 0 Å². The fourth-order valence-electron chi connectivity index (χ4n) is 1.23. The molecule has 0 aliphatic rings. The van der Waals surface area contributed by atoms with Gasteiger partial charge in [0.2, 0.25) is 5.78 Å². The third kappa shape index (κ3) is 2.06. The maximum Gasteiger partial charge on any atom is 0.214 e. The Labute approximate surface area is 95.9 Å². The van der Waals surface area contributed by atoms with Gasteiger partial charge in [-0.3, -0.25) is 14.8 Å². The van der Waals surface area contributed by atoms with E-state index in [1.165, 1.54) is 12.4 Å². The minimum Gasteiger partial charge on any atom is -0.287 e. The van der Waals surface area contributed by atoms with Crippen LogP contribution in [0, 0.1) is 5.82 Å². The van der Waals surface area contributed by atoms with Crippen molar-refractivity contribution in [1.82, 2.24) is 9.97 Å². The molecule has 2 aromatic rings. The van der Waals surface area contributed by atoms with Crippen molar-refractivity contribution >= 4 is 17.4 Å². The van der Waals surface area contributed by atoms with Crippen LogP contribution in [0.3, 0.4) is 0 Å². The van der Waals surface area contributed by atoms with Crippen molar-refractivity contribution in [2.45, 2.75) is 0 Å². The summed E-state index contributed by atoms with van der Waals surface area (Å²) < 4.78 is 12.9. The molecule has 0 unspecified atom stereocenters. The minimum atomic E-state index is -0.571. The van der Waals surface area contributed by atoms with E-state index in [9.17, 15) is 9.18 Å².